The Hall–Kier alpha value is -1.28. The van der Waals surface area contributed by atoms with E-state index in [2.05, 4.69) is 0 Å². The highest BCUT2D eigenvalue weighted by Gasteiger charge is 2.23. The summed E-state index contributed by atoms with van der Waals surface area (Å²) in [6.45, 7) is -0.349. The molecule has 0 radical (unpaired) electrons. The van der Waals surface area contributed by atoms with Crippen LogP contribution < -0.4 is 9.47 Å². The summed E-state index contributed by atoms with van der Waals surface area (Å²) >= 11 is 37.6. The molecule has 0 unspecified atom stereocenters. The number of carbonyl (C=O) groups is 2. The van der Waals surface area contributed by atoms with Gasteiger partial charge in [0, 0.05) is 17.5 Å². The molecule has 0 heterocycles. The van der Waals surface area contributed by atoms with Crippen molar-refractivity contribution in [2.75, 3.05) is 13.2 Å². The Bertz CT molecular complexity index is 931. The van der Waals surface area contributed by atoms with Crippen LogP contribution in [0.2, 0.25) is 30.1 Å². The predicted octanol–water partition coefficient (Wildman–Crippen LogP) is 6.90. The number of carboxylic acids is 2. The van der Waals surface area contributed by atoms with Crippen molar-refractivity contribution in [3.63, 3.8) is 0 Å². The van der Waals surface area contributed by atoms with E-state index in [-0.39, 0.29) is 74.1 Å². The Morgan fingerprint density at radius 1 is 0.677 bits per heavy atom. The van der Waals surface area contributed by atoms with E-state index in [9.17, 15) is 9.59 Å². The molecule has 0 spiro atoms. The lowest BCUT2D eigenvalue weighted by Crippen LogP contribution is -2.09. The smallest absolute Gasteiger partial charge is 0.306 e. The van der Waals surface area contributed by atoms with Crippen LogP contribution in [0.3, 0.4) is 0 Å². The maximum Gasteiger partial charge on any atom is 0.306 e. The van der Waals surface area contributed by atoms with Gasteiger partial charge in [0.25, 0.3) is 0 Å². The van der Waals surface area contributed by atoms with Gasteiger partial charge in [-0.3, -0.25) is 9.59 Å². The zero-order chi connectivity index (χ0) is 23.3. The number of rotatable bonds is 10. The van der Waals surface area contributed by atoms with E-state index in [1.807, 2.05) is 0 Å². The number of hydrogen-bond donors (Lipinski definition) is 2. The number of ether oxygens (including phenoxy) is 2. The number of hydrogen-bond acceptors (Lipinski definition) is 4. The van der Waals surface area contributed by atoms with Crippen LogP contribution in [0.5, 0.6) is 11.5 Å². The Kier molecular flexibility index (Phi) is 9.67. The summed E-state index contributed by atoms with van der Waals surface area (Å²) in [5.74, 6) is -1.89. The van der Waals surface area contributed by atoms with Crippen LogP contribution in [0.25, 0.3) is 0 Å². The lowest BCUT2D eigenvalue weighted by atomic mass is 10.0. The quantitative estimate of drug-likeness (QED) is 0.312. The molecule has 168 valence electrons. The highest BCUT2D eigenvalue weighted by molar-refractivity contribution is 6.45. The summed E-state index contributed by atoms with van der Waals surface area (Å²) in [6, 6.07) is 2.73. The van der Waals surface area contributed by atoms with Crippen molar-refractivity contribution in [1.29, 1.82) is 0 Å². The fraction of sp³-hybridized carbons (Fsp3) is 0.263. The van der Waals surface area contributed by atoms with Gasteiger partial charge in [0.15, 0.2) is 0 Å². The first-order valence-corrected chi connectivity index (χ1v) is 10.8. The average molecular weight is 551 g/mol. The number of aliphatic carboxylic acids is 2. The van der Waals surface area contributed by atoms with Crippen LogP contribution in [0, 0.1) is 0 Å². The monoisotopic (exact) mass is 548 g/mol. The minimum atomic E-state index is -1.06. The van der Waals surface area contributed by atoms with Gasteiger partial charge in [0.1, 0.15) is 11.5 Å². The van der Waals surface area contributed by atoms with E-state index in [0.29, 0.717) is 11.1 Å². The second kappa shape index (κ2) is 11.5. The van der Waals surface area contributed by atoms with Crippen LogP contribution in [-0.2, 0) is 16.0 Å². The topological polar surface area (TPSA) is 93.1 Å². The second-order valence-electron chi connectivity index (χ2n) is 6.08. The first-order valence-electron chi connectivity index (χ1n) is 8.54. The molecule has 0 amide bonds. The van der Waals surface area contributed by atoms with E-state index in [4.69, 9.17) is 89.3 Å². The van der Waals surface area contributed by atoms with Gasteiger partial charge >= 0.3 is 11.9 Å². The zero-order valence-electron chi connectivity index (χ0n) is 15.5. The van der Waals surface area contributed by atoms with Gasteiger partial charge in [0.2, 0.25) is 0 Å². The van der Waals surface area contributed by atoms with Gasteiger partial charge in [0.05, 0.1) is 56.2 Å². The maximum absolute atomic E-state index is 10.8. The van der Waals surface area contributed by atoms with Crippen molar-refractivity contribution < 1.29 is 29.3 Å². The minimum Gasteiger partial charge on any atom is -0.491 e. The largest absolute Gasteiger partial charge is 0.491 e. The van der Waals surface area contributed by atoms with E-state index >= 15 is 0 Å². The minimum absolute atomic E-state index is 0.0525. The molecule has 0 aliphatic rings. The normalized spacial score (nSPS) is 10.8. The number of carboxylic acid groups (broad SMARTS) is 2. The summed E-state index contributed by atoms with van der Waals surface area (Å²) in [7, 11) is 0. The summed E-state index contributed by atoms with van der Waals surface area (Å²) in [6.07, 6.45) is -0.602. The van der Waals surface area contributed by atoms with Crippen LogP contribution >= 0.6 is 69.6 Å². The van der Waals surface area contributed by atoms with Gasteiger partial charge in [-0.05, 0) is 12.1 Å². The first-order chi connectivity index (χ1) is 14.5. The van der Waals surface area contributed by atoms with E-state index in [0.717, 1.165) is 0 Å². The van der Waals surface area contributed by atoms with Crippen molar-refractivity contribution in [2.45, 2.75) is 19.3 Å². The second-order valence-corrected chi connectivity index (χ2v) is 8.47. The Morgan fingerprint density at radius 3 is 1.35 bits per heavy atom. The molecule has 2 aromatic rings. The third-order valence-electron chi connectivity index (χ3n) is 3.92. The predicted molar refractivity (Wildman–Crippen MR) is 121 cm³/mol. The summed E-state index contributed by atoms with van der Waals surface area (Å²) in [4.78, 5) is 21.6. The molecule has 0 aliphatic heterocycles. The Balaban J connectivity index is 2.53. The van der Waals surface area contributed by atoms with Crippen molar-refractivity contribution in [3.8, 4) is 11.5 Å². The molecule has 0 atom stereocenters. The van der Waals surface area contributed by atoms with Crippen molar-refractivity contribution >= 4 is 81.5 Å². The molecule has 2 N–H and O–H groups in total. The molecule has 6 nitrogen and oxygen atoms in total. The van der Waals surface area contributed by atoms with Crippen LogP contribution in [0.4, 0.5) is 0 Å². The molecule has 0 saturated heterocycles. The highest BCUT2D eigenvalue weighted by atomic mass is 35.5. The lowest BCUT2D eigenvalue weighted by Gasteiger charge is -2.19. The van der Waals surface area contributed by atoms with E-state index < -0.39 is 11.9 Å². The molecular formula is C19H14Cl6O6. The van der Waals surface area contributed by atoms with Crippen molar-refractivity contribution in [3.05, 3.63) is 53.4 Å². The molecule has 0 saturated carbocycles. The lowest BCUT2D eigenvalue weighted by molar-refractivity contribution is -0.138. The molecular weight excluding hydrogens is 537 g/mol. The molecule has 0 aromatic heterocycles. The zero-order valence-corrected chi connectivity index (χ0v) is 20.0. The van der Waals surface area contributed by atoms with E-state index in [1.165, 1.54) is 12.1 Å². The van der Waals surface area contributed by atoms with Crippen molar-refractivity contribution in [1.82, 2.24) is 0 Å². The summed E-state index contributed by atoms with van der Waals surface area (Å²) in [5, 5.41) is 18.4. The standard InChI is InChI=1S/C19H14Cl6O6/c20-10-6-12(22)18(30-3-1-14(26)27)8(16(10)24)5-9-17(25)11(21)7-13(23)19(9)31-4-2-15(28)29/h6-7H,1-5H2,(H,26,27)(H,28,29). The third kappa shape index (κ3) is 6.85. The Labute approximate surface area is 207 Å². The first kappa shape index (κ1) is 26.0. The van der Waals surface area contributed by atoms with Crippen LogP contribution in [0.1, 0.15) is 24.0 Å². The SMILES string of the molecule is O=C(O)CCOc1c(Cl)cc(Cl)c(Cl)c1Cc1c(Cl)c(Cl)cc(Cl)c1OCCC(=O)O. The average Bonchev–Trinajstić information content (AvgIpc) is 2.67. The molecule has 0 fully saturated rings. The number of halogens is 6. The molecule has 31 heavy (non-hydrogen) atoms. The third-order valence-corrected chi connectivity index (χ3v) is 6.13. The molecule has 0 bridgehead atoms. The van der Waals surface area contributed by atoms with Crippen LogP contribution in [-0.4, -0.2) is 35.4 Å². The van der Waals surface area contributed by atoms with E-state index in [1.54, 1.807) is 0 Å². The van der Waals surface area contributed by atoms with Gasteiger partial charge in [-0.1, -0.05) is 69.6 Å². The number of benzene rings is 2. The van der Waals surface area contributed by atoms with Crippen LogP contribution in [0.15, 0.2) is 12.1 Å². The van der Waals surface area contributed by atoms with Gasteiger partial charge in [-0.15, -0.1) is 0 Å². The van der Waals surface area contributed by atoms with Gasteiger partial charge in [-0.2, -0.15) is 0 Å². The van der Waals surface area contributed by atoms with Gasteiger partial charge < -0.3 is 19.7 Å². The summed E-state index contributed by atoms with van der Waals surface area (Å²) in [5.41, 5.74) is 0.598. The fourth-order valence-corrected chi connectivity index (χ4v) is 4.07. The highest BCUT2D eigenvalue weighted by Crippen LogP contribution is 2.45. The maximum atomic E-state index is 10.8. The molecule has 2 rings (SSSR count). The van der Waals surface area contributed by atoms with Gasteiger partial charge in [-0.25, -0.2) is 0 Å². The molecule has 0 aliphatic carbocycles. The molecule has 12 heteroatoms. The Morgan fingerprint density at radius 2 is 1.03 bits per heavy atom. The summed E-state index contributed by atoms with van der Waals surface area (Å²) < 4.78 is 11.1. The fourth-order valence-electron chi connectivity index (χ4n) is 2.54. The molecule has 2 aromatic carbocycles. The van der Waals surface area contributed by atoms with Crippen molar-refractivity contribution in [2.24, 2.45) is 0 Å².